The van der Waals surface area contributed by atoms with E-state index in [1.54, 1.807) is 20.3 Å². The number of rotatable bonds is 8. The van der Waals surface area contributed by atoms with Crippen molar-refractivity contribution in [3.63, 3.8) is 0 Å². The molecule has 0 aliphatic rings. The topological polar surface area (TPSA) is 83.3 Å². The van der Waals surface area contributed by atoms with Gasteiger partial charge in [0.2, 0.25) is 0 Å². The predicted octanol–water partition coefficient (Wildman–Crippen LogP) is 3.66. The van der Waals surface area contributed by atoms with Crippen LogP contribution in [0.25, 0.3) is 6.08 Å². The zero-order valence-corrected chi connectivity index (χ0v) is 14.2. The lowest BCUT2D eigenvalue weighted by molar-refractivity contribution is 0.128. The lowest BCUT2D eigenvalue weighted by atomic mass is 10.0. The van der Waals surface area contributed by atoms with Crippen LogP contribution in [0.2, 0.25) is 0 Å². The van der Waals surface area contributed by atoms with E-state index in [9.17, 15) is 10.4 Å². The third-order valence-electron chi connectivity index (χ3n) is 3.80. The van der Waals surface area contributed by atoms with Crippen molar-refractivity contribution in [2.75, 3.05) is 14.2 Å². The average molecular weight is 342 g/mol. The lowest BCUT2D eigenvalue weighted by Gasteiger charge is -2.15. The molecule has 0 aliphatic carbocycles. The number of hydroxylamine groups is 1. The van der Waals surface area contributed by atoms with Crippen LogP contribution in [0.5, 0.6) is 11.5 Å². The van der Waals surface area contributed by atoms with Crippen LogP contribution in [0.1, 0.15) is 23.6 Å². The van der Waals surface area contributed by atoms with E-state index in [-0.39, 0.29) is 0 Å². The number of hydrogen-bond acceptors (Lipinski definition) is 6. The molecule has 0 bridgehead atoms. The molecule has 0 heterocycles. The molecular formula is C19H22N2O4. The van der Waals surface area contributed by atoms with Crippen LogP contribution in [0.15, 0.2) is 59.8 Å². The van der Waals surface area contributed by atoms with E-state index in [1.165, 1.54) is 0 Å². The van der Waals surface area contributed by atoms with Gasteiger partial charge in [0, 0.05) is 6.42 Å². The van der Waals surface area contributed by atoms with Gasteiger partial charge < -0.3 is 19.9 Å². The molecule has 0 saturated carbocycles. The van der Waals surface area contributed by atoms with Crippen molar-refractivity contribution in [1.82, 2.24) is 5.48 Å². The monoisotopic (exact) mass is 342 g/mol. The minimum atomic E-state index is -0.405. The van der Waals surface area contributed by atoms with Gasteiger partial charge in [-0.25, -0.2) is 0 Å². The Morgan fingerprint density at radius 1 is 1.04 bits per heavy atom. The molecule has 1 unspecified atom stereocenters. The van der Waals surface area contributed by atoms with Crippen LogP contribution >= 0.6 is 0 Å². The highest BCUT2D eigenvalue weighted by molar-refractivity contribution is 5.98. The molecule has 1 atom stereocenters. The molecule has 2 rings (SSSR count). The van der Waals surface area contributed by atoms with Crippen molar-refractivity contribution in [1.29, 1.82) is 0 Å². The van der Waals surface area contributed by atoms with Gasteiger partial charge in [-0.2, -0.15) is 5.48 Å². The fraction of sp³-hybridized carbons (Fsp3) is 0.211. The fourth-order valence-electron chi connectivity index (χ4n) is 2.33. The Morgan fingerprint density at radius 3 is 2.08 bits per heavy atom. The fourth-order valence-corrected chi connectivity index (χ4v) is 2.33. The molecule has 6 heteroatoms. The average Bonchev–Trinajstić information content (AvgIpc) is 2.69. The largest absolute Gasteiger partial charge is 0.497 e. The molecule has 2 aromatic carbocycles. The van der Waals surface area contributed by atoms with Gasteiger partial charge in [-0.15, -0.1) is 0 Å². The molecule has 0 saturated heterocycles. The van der Waals surface area contributed by atoms with E-state index < -0.39 is 6.04 Å². The minimum Gasteiger partial charge on any atom is -0.497 e. The summed E-state index contributed by atoms with van der Waals surface area (Å²) in [4.78, 5) is 0. The second-order valence-electron chi connectivity index (χ2n) is 5.36. The van der Waals surface area contributed by atoms with Crippen LogP contribution < -0.4 is 15.0 Å². The van der Waals surface area contributed by atoms with E-state index in [1.807, 2.05) is 54.6 Å². The number of methoxy groups -OCH3 is 2. The predicted molar refractivity (Wildman–Crippen MR) is 96.5 cm³/mol. The molecule has 2 aromatic rings. The molecule has 0 amide bonds. The van der Waals surface area contributed by atoms with Crippen molar-refractivity contribution in [3.05, 3.63) is 65.7 Å². The minimum absolute atomic E-state index is 0.311. The van der Waals surface area contributed by atoms with E-state index in [0.29, 0.717) is 12.1 Å². The first kappa shape index (κ1) is 18.5. The van der Waals surface area contributed by atoms with Gasteiger partial charge in [-0.3, -0.25) is 0 Å². The summed E-state index contributed by atoms with van der Waals surface area (Å²) >= 11 is 0. The number of hydrogen-bond donors (Lipinski definition) is 3. The Labute approximate surface area is 147 Å². The Balaban J connectivity index is 2.06. The van der Waals surface area contributed by atoms with Gasteiger partial charge in [0.15, 0.2) is 0 Å². The van der Waals surface area contributed by atoms with Crippen molar-refractivity contribution in [3.8, 4) is 11.5 Å². The normalized spacial score (nSPS) is 13.0. The molecule has 0 radical (unpaired) electrons. The first-order valence-electron chi connectivity index (χ1n) is 7.76. The Morgan fingerprint density at radius 2 is 1.60 bits per heavy atom. The summed E-state index contributed by atoms with van der Waals surface area (Å²) in [7, 11) is 3.21. The SMILES string of the molecule is COc1ccc(/C=C\C(CC(NO)c2ccc(OC)cc2)=N/O)cc1. The molecule has 6 nitrogen and oxygen atoms in total. The Kier molecular flexibility index (Phi) is 7.00. The van der Waals surface area contributed by atoms with Crippen LogP contribution in [-0.2, 0) is 0 Å². The van der Waals surface area contributed by atoms with E-state index >= 15 is 0 Å². The maximum Gasteiger partial charge on any atom is 0.118 e. The molecular weight excluding hydrogens is 320 g/mol. The number of nitrogens with zero attached hydrogens (tertiary/aromatic N) is 1. The quantitative estimate of drug-likeness (QED) is 0.387. The van der Waals surface area contributed by atoms with Crippen LogP contribution in [-0.4, -0.2) is 30.3 Å². The second-order valence-corrected chi connectivity index (χ2v) is 5.36. The number of benzene rings is 2. The summed E-state index contributed by atoms with van der Waals surface area (Å²) in [6.45, 7) is 0. The van der Waals surface area contributed by atoms with Gasteiger partial charge in [-0.05, 0) is 41.5 Å². The molecule has 0 spiro atoms. The molecule has 0 fully saturated rings. The van der Waals surface area contributed by atoms with Gasteiger partial charge in [-0.1, -0.05) is 35.5 Å². The smallest absolute Gasteiger partial charge is 0.118 e. The van der Waals surface area contributed by atoms with Crippen molar-refractivity contribution in [2.24, 2.45) is 5.16 Å². The molecule has 0 aliphatic heterocycles. The van der Waals surface area contributed by atoms with E-state index in [4.69, 9.17) is 9.47 Å². The Bertz CT molecular complexity index is 709. The lowest BCUT2D eigenvalue weighted by Crippen LogP contribution is -2.20. The number of oxime groups is 1. The summed E-state index contributed by atoms with van der Waals surface area (Å²) in [5.74, 6) is 1.51. The standard InChI is InChI=1S/C19H22N2O4/c1-24-17-9-4-14(5-10-17)3-8-16(20-22)13-19(21-23)15-6-11-18(25-2)12-7-15/h3-12,19,21-23H,13H2,1-2H3/b8-3-,20-16+. The maximum absolute atomic E-state index is 9.44. The molecule has 132 valence electrons. The van der Waals surface area contributed by atoms with Gasteiger partial charge in [0.25, 0.3) is 0 Å². The van der Waals surface area contributed by atoms with Gasteiger partial charge >= 0.3 is 0 Å². The zero-order valence-electron chi connectivity index (χ0n) is 14.2. The first-order chi connectivity index (χ1) is 12.2. The third-order valence-corrected chi connectivity index (χ3v) is 3.80. The molecule has 3 N–H and O–H groups in total. The van der Waals surface area contributed by atoms with E-state index in [2.05, 4.69) is 10.6 Å². The maximum atomic E-state index is 9.44. The summed E-state index contributed by atoms with van der Waals surface area (Å²) in [6.07, 6.45) is 3.85. The van der Waals surface area contributed by atoms with Crippen molar-refractivity contribution in [2.45, 2.75) is 12.5 Å². The molecule has 25 heavy (non-hydrogen) atoms. The van der Waals surface area contributed by atoms with Crippen molar-refractivity contribution < 1.29 is 19.9 Å². The van der Waals surface area contributed by atoms with Crippen molar-refractivity contribution >= 4 is 11.8 Å². The van der Waals surface area contributed by atoms with Crippen LogP contribution in [0.4, 0.5) is 0 Å². The first-order valence-corrected chi connectivity index (χ1v) is 7.76. The highest BCUT2D eigenvalue weighted by Gasteiger charge is 2.13. The number of ether oxygens (including phenoxy) is 2. The van der Waals surface area contributed by atoms with E-state index in [0.717, 1.165) is 22.6 Å². The third kappa shape index (κ3) is 5.34. The summed E-state index contributed by atoms with van der Waals surface area (Å²) in [6, 6.07) is 14.4. The second kappa shape index (κ2) is 9.46. The number of nitrogens with one attached hydrogen (secondary N) is 1. The zero-order chi connectivity index (χ0) is 18.1. The number of allylic oxidation sites excluding steroid dienone is 1. The molecule has 0 aromatic heterocycles. The summed E-state index contributed by atoms with van der Waals surface area (Å²) in [5.41, 5.74) is 4.47. The van der Waals surface area contributed by atoms with Gasteiger partial charge in [0.1, 0.15) is 11.5 Å². The highest BCUT2D eigenvalue weighted by Crippen LogP contribution is 2.21. The van der Waals surface area contributed by atoms with Crippen LogP contribution in [0, 0.1) is 0 Å². The highest BCUT2D eigenvalue weighted by atomic mass is 16.5. The summed E-state index contributed by atoms with van der Waals surface area (Å²) < 4.78 is 10.2. The Hall–Kier alpha value is -2.83. The van der Waals surface area contributed by atoms with Crippen LogP contribution in [0.3, 0.4) is 0 Å². The summed E-state index contributed by atoms with van der Waals surface area (Å²) in [5, 5.41) is 22.0. The van der Waals surface area contributed by atoms with Gasteiger partial charge in [0.05, 0.1) is 26.0 Å².